The quantitative estimate of drug-likeness (QED) is 0.797. The summed E-state index contributed by atoms with van der Waals surface area (Å²) in [7, 11) is 0. The predicted molar refractivity (Wildman–Crippen MR) is 109 cm³/mol. The zero-order chi connectivity index (χ0) is 18.1. The number of aliphatic hydroxyl groups excluding tert-OH is 1. The number of fused-ring (bicyclic) bond motifs is 2. The summed E-state index contributed by atoms with van der Waals surface area (Å²) >= 11 is 1.47. The number of carbonyl (C=O) groups is 1. The second-order valence-corrected chi connectivity index (χ2v) is 8.37. The van der Waals surface area contributed by atoms with Crippen LogP contribution in [0.15, 0.2) is 35.7 Å². The summed E-state index contributed by atoms with van der Waals surface area (Å²) in [6.07, 6.45) is 4.61. The molecule has 4 atom stereocenters. The molecule has 0 aliphatic carbocycles. The maximum Gasteiger partial charge on any atom is 0.273 e. The first-order valence-electron chi connectivity index (χ1n) is 9.34. The van der Waals surface area contributed by atoms with Gasteiger partial charge in [0.05, 0.1) is 6.04 Å². The Kier molecular flexibility index (Phi) is 6.52. The Morgan fingerprint density at radius 3 is 2.56 bits per heavy atom. The number of aliphatic hydroxyl groups is 1. The van der Waals surface area contributed by atoms with Crippen LogP contribution in [0.2, 0.25) is 0 Å². The zero-order valence-electron chi connectivity index (χ0n) is 15.2. The first-order chi connectivity index (χ1) is 12.7. The van der Waals surface area contributed by atoms with E-state index in [0.29, 0.717) is 11.6 Å². The first kappa shape index (κ1) is 20.3. The van der Waals surface area contributed by atoms with Crippen molar-refractivity contribution >= 4 is 29.7 Å². The molecule has 2 fully saturated rings. The Labute approximate surface area is 170 Å². The van der Waals surface area contributed by atoms with Crippen LogP contribution in [0.3, 0.4) is 0 Å². The highest BCUT2D eigenvalue weighted by Gasteiger charge is 2.43. The minimum atomic E-state index is -0.194. The maximum atomic E-state index is 13.0. The monoisotopic (exact) mass is 407 g/mol. The second kappa shape index (κ2) is 8.69. The van der Waals surface area contributed by atoms with Crippen molar-refractivity contribution in [2.24, 2.45) is 11.7 Å². The van der Waals surface area contributed by atoms with Gasteiger partial charge in [-0.1, -0.05) is 30.3 Å². The lowest BCUT2D eigenvalue weighted by atomic mass is 9.91. The van der Waals surface area contributed by atoms with Crippen LogP contribution in [0.1, 0.15) is 52.8 Å². The van der Waals surface area contributed by atoms with E-state index >= 15 is 0 Å². The van der Waals surface area contributed by atoms with Gasteiger partial charge in [-0.3, -0.25) is 4.79 Å². The first-order valence-corrected chi connectivity index (χ1v) is 10.2. The fraction of sp³-hybridized carbons (Fsp3) is 0.500. The van der Waals surface area contributed by atoms with Gasteiger partial charge in [-0.25, -0.2) is 4.98 Å². The van der Waals surface area contributed by atoms with Gasteiger partial charge >= 0.3 is 0 Å². The van der Waals surface area contributed by atoms with Gasteiger partial charge in [-0.05, 0) is 43.6 Å². The van der Waals surface area contributed by atoms with Crippen LogP contribution in [0, 0.1) is 5.92 Å². The lowest BCUT2D eigenvalue weighted by Gasteiger charge is -2.38. The van der Waals surface area contributed by atoms with Gasteiger partial charge in [-0.15, -0.1) is 23.7 Å². The number of benzene rings is 1. The number of rotatable bonds is 5. The lowest BCUT2D eigenvalue weighted by Crippen LogP contribution is -2.47. The minimum Gasteiger partial charge on any atom is -0.396 e. The van der Waals surface area contributed by atoms with Crippen molar-refractivity contribution in [3.63, 3.8) is 0 Å². The molecular formula is C20H26ClN3O2S. The molecule has 1 amide bonds. The van der Waals surface area contributed by atoms with E-state index in [1.165, 1.54) is 16.9 Å². The van der Waals surface area contributed by atoms with Crippen LogP contribution in [-0.2, 0) is 6.42 Å². The number of piperidine rings is 1. The van der Waals surface area contributed by atoms with Gasteiger partial charge in [-0.2, -0.15) is 0 Å². The second-order valence-electron chi connectivity index (χ2n) is 7.48. The normalized spacial score (nSPS) is 25.1. The number of hydrogen-bond acceptors (Lipinski definition) is 5. The Balaban J connectivity index is 0.00000210. The maximum absolute atomic E-state index is 13.0. The summed E-state index contributed by atoms with van der Waals surface area (Å²) in [4.78, 5) is 19.6. The van der Waals surface area contributed by atoms with Gasteiger partial charge in [0.15, 0.2) is 0 Å². The molecule has 2 aliphatic heterocycles. The zero-order valence-corrected chi connectivity index (χ0v) is 16.8. The van der Waals surface area contributed by atoms with Crippen LogP contribution in [-0.4, -0.2) is 39.6 Å². The van der Waals surface area contributed by atoms with Gasteiger partial charge in [0, 0.05) is 24.1 Å². The van der Waals surface area contributed by atoms with Crippen LogP contribution in [0.25, 0.3) is 0 Å². The van der Waals surface area contributed by atoms with Crippen molar-refractivity contribution in [2.45, 2.75) is 50.2 Å². The third kappa shape index (κ3) is 4.19. The molecule has 5 nitrogen and oxygen atoms in total. The summed E-state index contributed by atoms with van der Waals surface area (Å²) in [5.74, 6) is 0.366. The van der Waals surface area contributed by atoms with E-state index in [0.717, 1.165) is 37.1 Å². The minimum absolute atomic E-state index is 0. The molecule has 4 rings (SSSR count). The molecule has 0 radical (unpaired) electrons. The topological polar surface area (TPSA) is 79.5 Å². The smallest absolute Gasteiger partial charge is 0.273 e. The average molecular weight is 408 g/mol. The molecule has 1 aromatic carbocycles. The van der Waals surface area contributed by atoms with Crippen molar-refractivity contribution in [2.75, 3.05) is 6.61 Å². The van der Waals surface area contributed by atoms with Crippen LogP contribution >= 0.6 is 23.7 Å². The fourth-order valence-corrected chi connectivity index (χ4v) is 5.21. The van der Waals surface area contributed by atoms with E-state index in [9.17, 15) is 9.90 Å². The molecule has 7 heteroatoms. The van der Waals surface area contributed by atoms with E-state index in [1.807, 2.05) is 28.5 Å². The van der Waals surface area contributed by atoms with Crippen LogP contribution in [0.5, 0.6) is 0 Å². The molecule has 146 valence electrons. The molecule has 3 N–H and O–H groups in total. The highest BCUT2D eigenvalue weighted by molar-refractivity contribution is 7.09. The standard InChI is InChI=1S/C20H25N3O2S.ClH/c21-17(10-13-4-2-1-3-5-13)19-22-18(12-26-19)20(25)23-15-6-7-16(23)9-14(8-15)11-24;/h1-5,12,14-17,24H,6-11,21H2;1H/t14?,15-,16+,17-;/m0./s1. The van der Waals surface area contributed by atoms with Crippen molar-refractivity contribution < 1.29 is 9.90 Å². The van der Waals surface area contributed by atoms with Crippen LogP contribution in [0.4, 0.5) is 0 Å². The highest BCUT2D eigenvalue weighted by Crippen LogP contribution is 2.39. The number of hydrogen-bond donors (Lipinski definition) is 2. The Morgan fingerprint density at radius 2 is 1.93 bits per heavy atom. The number of halogens is 1. The molecule has 2 aliphatic rings. The summed E-state index contributed by atoms with van der Waals surface area (Å²) < 4.78 is 0. The third-order valence-electron chi connectivity index (χ3n) is 5.68. The van der Waals surface area contributed by atoms with Crippen LogP contribution < -0.4 is 5.73 Å². The number of nitrogens with two attached hydrogens (primary N) is 1. The van der Waals surface area contributed by atoms with Gasteiger partial charge < -0.3 is 15.7 Å². The van der Waals surface area contributed by atoms with E-state index in [1.54, 1.807) is 0 Å². The molecular weight excluding hydrogens is 382 g/mol. The largest absolute Gasteiger partial charge is 0.396 e. The lowest BCUT2D eigenvalue weighted by molar-refractivity contribution is 0.0448. The van der Waals surface area contributed by atoms with Gasteiger partial charge in [0.1, 0.15) is 10.7 Å². The SMILES string of the molecule is Cl.N[C@@H](Cc1ccccc1)c1nc(C(=O)N2[C@@H]3CC[C@H]2CC(CO)C3)cs1. The molecule has 0 saturated carbocycles. The fourth-order valence-electron chi connectivity index (χ4n) is 4.41. The number of aromatic nitrogens is 1. The van der Waals surface area contributed by atoms with E-state index in [2.05, 4.69) is 17.1 Å². The van der Waals surface area contributed by atoms with E-state index in [-0.39, 0.29) is 43.0 Å². The number of amides is 1. The molecule has 2 saturated heterocycles. The molecule has 0 spiro atoms. The molecule has 1 aromatic heterocycles. The summed E-state index contributed by atoms with van der Waals surface area (Å²) in [5.41, 5.74) is 8.01. The van der Waals surface area contributed by atoms with Crippen molar-refractivity contribution in [1.82, 2.24) is 9.88 Å². The summed E-state index contributed by atoms with van der Waals surface area (Å²) in [5, 5.41) is 12.1. The Morgan fingerprint density at radius 1 is 1.26 bits per heavy atom. The van der Waals surface area contributed by atoms with Crippen molar-refractivity contribution in [1.29, 1.82) is 0 Å². The molecule has 2 aromatic rings. The average Bonchev–Trinajstić information content (AvgIpc) is 3.25. The van der Waals surface area contributed by atoms with E-state index in [4.69, 9.17) is 5.73 Å². The van der Waals surface area contributed by atoms with Crippen molar-refractivity contribution in [3.05, 3.63) is 52.0 Å². The van der Waals surface area contributed by atoms with E-state index < -0.39 is 0 Å². The Bertz CT molecular complexity index is 756. The molecule has 2 bridgehead atoms. The third-order valence-corrected chi connectivity index (χ3v) is 6.66. The predicted octanol–water partition coefficient (Wildman–Crippen LogP) is 3.18. The summed E-state index contributed by atoms with van der Waals surface area (Å²) in [6, 6.07) is 10.4. The van der Waals surface area contributed by atoms with Gasteiger partial charge in [0.2, 0.25) is 0 Å². The molecule has 1 unspecified atom stereocenters. The summed E-state index contributed by atoms with van der Waals surface area (Å²) in [6.45, 7) is 0.226. The number of thiazole rings is 1. The molecule has 3 heterocycles. The molecule has 27 heavy (non-hydrogen) atoms. The number of carbonyl (C=O) groups excluding carboxylic acids is 1. The van der Waals surface area contributed by atoms with Gasteiger partial charge in [0.25, 0.3) is 5.91 Å². The highest BCUT2D eigenvalue weighted by atomic mass is 35.5. The Hall–Kier alpha value is -1.47. The number of nitrogens with zero attached hydrogens (tertiary/aromatic N) is 2. The van der Waals surface area contributed by atoms with Crippen molar-refractivity contribution in [3.8, 4) is 0 Å².